The van der Waals surface area contributed by atoms with E-state index in [4.69, 9.17) is 4.74 Å². The van der Waals surface area contributed by atoms with Gasteiger partial charge < -0.3 is 14.9 Å². The summed E-state index contributed by atoms with van der Waals surface area (Å²) in [4.78, 5) is 34.9. The van der Waals surface area contributed by atoms with Gasteiger partial charge in [0.1, 0.15) is 0 Å². The van der Waals surface area contributed by atoms with Crippen molar-refractivity contribution in [3.8, 4) is 17.2 Å². The fourth-order valence-corrected chi connectivity index (χ4v) is 1.93. The second-order valence-corrected chi connectivity index (χ2v) is 4.02. The molecule has 0 bridgehead atoms. The van der Waals surface area contributed by atoms with Crippen molar-refractivity contribution in [1.29, 1.82) is 0 Å². The Kier molecular flexibility index (Phi) is 3.94. The summed E-state index contributed by atoms with van der Waals surface area (Å²) in [6.07, 6.45) is 0. The molecule has 0 radical (unpaired) electrons. The van der Waals surface area contributed by atoms with Crippen LogP contribution in [0.4, 0.5) is 0 Å². The number of carbonyl (C=O) groups excluding carboxylic acids is 3. The van der Waals surface area contributed by atoms with Crippen molar-refractivity contribution in [2.24, 2.45) is 0 Å². The van der Waals surface area contributed by atoms with Crippen LogP contribution in [0.25, 0.3) is 0 Å². The maximum atomic E-state index is 11.7. The highest BCUT2D eigenvalue weighted by atomic mass is 16.5. The van der Waals surface area contributed by atoms with Crippen LogP contribution in [-0.2, 0) is 0 Å². The molecule has 6 heteroatoms. The Balaban J connectivity index is 4.02. The lowest BCUT2D eigenvalue weighted by Crippen LogP contribution is -2.13. The highest BCUT2D eigenvalue weighted by Gasteiger charge is 2.30. The minimum Gasteiger partial charge on any atom is -0.504 e. The van der Waals surface area contributed by atoms with E-state index >= 15 is 0 Å². The van der Waals surface area contributed by atoms with Gasteiger partial charge in [0.05, 0.1) is 18.2 Å². The summed E-state index contributed by atoms with van der Waals surface area (Å²) >= 11 is 0. The molecule has 0 aromatic heterocycles. The molecule has 0 aliphatic heterocycles. The number of carbonyl (C=O) groups is 3. The molecule has 2 N–H and O–H groups in total. The van der Waals surface area contributed by atoms with Gasteiger partial charge in [0.15, 0.2) is 28.8 Å². The SMILES string of the molecule is COc1c(O)c(O)c(C(C)=O)c(C(C)=O)c1C(C)=O. The molecule has 0 aliphatic carbocycles. The highest BCUT2D eigenvalue weighted by Crippen LogP contribution is 2.44. The number of phenols is 2. The Hall–Kier alpha value is -2.37. The third-order valence-electron chi connectivity index (χ3n) is 2.66. The standard InChI is InChI=1S/C13H14O6/c1-5(14)8-9(6(2)15)11(17)12(18)13(19-4)10(8)7(3)16/h17-18H,1-4H3. The fourth-order valence-electron chi connectivity index (χ4n) is 1.93. The normalized spacial score (nSPS) is 10.1. The van der Waals surface area contributed by atoms with Crippen LogP contribution in [0.15, 0.2) is 0 Å². The zero-order valence-corrected chi connectivity index (χ0v) is 11.0. The number of Topliss-reactive ketones (excluding diaryl/α,β-unsaturated/α-hetero) is 3. The molecule has 0 fully saturated rings. The number of hydrogen-bond donors (Lipinski definition) is 2. The Morgan fingerprint density at radius 2 is 1.21 bits per heavy atom. The molecule has 102 valence electrons. The molecule has 0 aliphatic rings. The Bertz CT molecular complexity index is 586. The fraction of sp³-hybridized carbons (Fsp3) is 0.308. The van der Waals surface area contributed by atoms with Gasteiger partial charge in [-0.05, 0) is 20.8 Å². The van der Waals surface area contributed by atoms with E-state index in [0.717, 1.165) is 13.8 Å². The first-order chi connectivity index (χ1) is 8.73. The van der Waals surface area contributed by atoms with E-state index in [0.29, 0.717) is 0 Å². The Labute approximate surface area is 109 Å². The molecule has 0 saturated heterocycles. The molecule has 0 spiro atoms. The van der Waals surface area contributed by atoms with E-state index in [-0.39, 0.29) is 22.4 Å². The van der Waals surface area contributed by atoms with E-state index in [1.807, 2.05) is 0 Å². The molecule has 19 heavy (non-hydrogen) atoms. The van der Waals surface area contributed by atoms with Crippen LogP contribution < -0.4 is 4.74 Å². The second-order valence-electron chi connectivity index (χ2n) is 4.02. The summed E-state index contributed by atoms with van der Waals surface area (Å²) in [5.41, 5.74) is -0.835. The minimum atomic E-state index is -0.764. The van der Waals surface area contributed by atoms with Gasteiger partial charge in [0.25, 0.3) is 0 Å². The van der Waals surface area contributed by atoms with Crippen molar-refractivity contribution >= 4 is 17.3 Å². The lowest BCUT2D eigenvalue weighted by atomic mass is 9.91. The third-order valence-corrected chi connectivity index (χ3v) is 2.66. The van der Waals surface area contributed by atoms with Crippen LogP contribution >= 0.6 is 0 Å². The molecule has 1 rings (SSSR count). The molecule has 0 amide bonds. The van der Waals surface area contributed by atoms with Crippen LogP contribution in [0.2, 0.25) is 0 Å². The van der Waals surface area contributed by atoms with Crippen molar-refractivity contribution in [2.45, 2.75) is 20.8 Å². The minimum absolute atomic E-state index is 0.212. The number of aromatic hydroxyl groups is 2. The van der Waals surface area contributed by atoms with Crippen LogP contribution in [0.3, 0.4) is 0 Å². The molecule has 0 atom stereocenters. The van der Waals surface area contributed by atoms with Gasteiger partial charge >= 0.3 is 0 Å². The smallest absolute Gasteiger partial charge is 0.202 e. The summed E-state index contributed by atoms with van der Waals surface area (Å²) < 4.78 is 4.85. The van der Waals surface area contributed by atoms with Crippen molar-refractivity contribution in [2.75, 3.05) is 7.11 Å². The zero-order chi connectivity index (χ0) is 14.9. The molecule has 1 aromatic rings. The monoisotopic (exact) mass is 266 g/mol. The molecule has 0 heterocycles. The number of methoxy groups -OCH3 is 1. The number of ether oxygens (including phenoxy) is 1. The number of ketones is 3. The topological polar surface area (TPSA) is 101 Å². The van der Waals surface area contributed by atoms with Crippen LogP contribution in [0.1, 0.15) is 51.8 Å². The average molecular weight is 266 g/mol. The van der Waals surface area contributed by atoms with Gasteiger partial charge in [-0.3, -0.25) is 14.4 Å². The van der Waals surface area contributed by atoms with Crippen LogP contribution in [0.5, 0.6) is 17.2 Å². The first-order valence-electron chi connectivity index (χ1n) is 5.42. The number of benzene rings is 1. The van der Waals surface area contributed by atoms with E-state index in [1.54, 1.807) is 0 Å². The van der Waals surface area contributed by atoms with Crippen molar-refractivity contribution < 1.29 is 29.3 Å². The Morgan fingerprint density at radius 3 is 1.53 bits per heavy atom. The van der Waals surface area contributed by atoms with E-state index < -0.39 is 28.8 Å². The molecule has 0 unspecified atom stereocenters. The predicted molar refractivity (Wildman–Crippen MR) is 66.3 cm³/mol. The van der Waals surface area contributed by atoms with Gasteiger partial charge in [-0.15, -0.1) is 0 Å². The summed E-state index contributed by atoms with van der Waals surface area (Å²) in [6, 6.07) is 0. The summed E-state index contributed by atoms with van der Waals surface area (Å²) in [5.74, 6) is -3.59. The lowest BCUT2D eigenvalue weighted by Gasteiger charge is -2.16. The number of rotatable bonds is 4. The van der Waals surface area contributed by atoms with E-state index in [1.165, 1.54) is 14.0 Å². The van der Waals surface area contributed by atoms with Gasteiger partial charge in [0, 0.05) is 5.56 Å². The molecular formula is C13H14O6. The molecular weight excluding hydrogens is 252 g/mol. The number of hydrogen-bond acceptors (Lipinski definition) is 6. The second kappa shape index (κ2) is 5.09. The quantitative estimate of drug-likeness (QED) is 0.635. The van der Waals surface area contributed by atoms with Gasteiger partial charge in [0.2, 0.25) is 5.75 Å². The largest absolute Gasteiger partial charge is 0.504 e. The maximum Gasteiger partial charge on any atom is 0.202 e. The first-order valence-corrected chi connectivity index (χ1v) is 5.42. The predicted octanol–water partition coefficient (Wildman–Crippen LogP) is 1.71. The van der Waals surface area contributed by atoms with E-state index in [9.17, 15) is 24.6 Å². The van der Waals surface area contributed by atoms with Crippen molar-refractivity contribution in [1.82, 2.24) is 0 Å². The van der Waals surface area contributed by atoms with E-state index in [2.05, 4.69) is 0 Å². The van der Waals surface area contributed by atoms with Crippen LogP contribution in [-0.4, -0.2) is 34.7 Å². The van der Waals surface area contributed by atoms with Gasteiger partial charge in [-0.25, -0.2) is 0 Å². The summed E-state index contributed by atoms with van der Waals surface area (Å²) in [7, 11) is 1.18. The zero-order valence-electron chi connectivity index (χ0n) is 11.0. The van der Waals surface area contributed by atoms with Crippen LogP contribution in [0, 0.1) is 0 Å². The number of phenolic OH excluding ortho intramolecular Hbond substituents is 2. The Morgan fingerprint density at radius 1 is 0.789 bits per heavy atom. The first kappa shape index (κ1) is 14.7. The molecule has 0 saturated carbocycles. The maximum absolute atomic E-state index is 11.7. The van der Waals surface area contributed by atoms with Gasteiger partial charge in [-0.1, -0.05) is 0 Å². The van der Waals surface area contributed by atoms with Crippen molar-refractivity contribution in [3.05, 3.63) is 16.7 Å². The lowest BCUT2D eigenvalue weighted by molar-refractivity contribution is 0.0963. The molecule has 6 nitrogen and oxygen atoms in total. The van der Waals surface area contributed by atoms with Gasteiger partial charge in [-0.2, -0.15) is 0 Å². The average Bonchev–Trinajstić information content (AvgIpc) is 2.30. The summed E-state index contributed by atoms with van der Waals surface area (Å²) in [6.45, 7) is 3.45. The highest BCUT2D eigenvalue weighted by molar-refractivity contribution is 6.17. The van der Waals surface area contributed by atoms with Crippen molar-refractivity contribution in [3.63, 3.8) is 0 Å². The third kappa shape index (κ3) is 2.29. The molecule has 1 aromatic carbocycles. The summed E-state index contributed by atoms with van der Waals surface area (Å²) in [5, 5.41) is 19.6.